The van der Waals surface area contributed by atoms with Gasteiger partial charge in [0.2, 0.25) is 0 Å². The van der Waals surface area contributed by atoms with E-state index in [1.165, 1.54) is 0 Å². The zero-order chi connectivity index (χ0) is 4.50. The largest absolute Gasteiger partial charge is 2.00 e. The molecule has 0 bridgehead atoms. The minimum atomic E-state index is -4.64. The molecule has 0 aliphatic heterocycles. The predicted octanol–water partition coefficient (Wildman–Crippen LogP) is -4.31. The van der Waals surface area contributed by atoms with Crippen molar-refractivity contribution in [1.29, 1.82) is 0 Å². The Labute approximate surface area is 106 Å². The smallest absolute Gasteiger partial charge is 0.303 e. The Bertz CT molecular complexity index is 62.2. The molecule has 0 fully saturated rings. The van der Waals surface area contributed by atoms with Crippen LogP contribution >= 0.6 is 7.82 Å². The van der Waals surface area contributed by atoms with Gasteiger partial charge in [-0.25, -0.2) is 4.57 Å². The normalized spacial score (nSPS) is 7.38. The molecule has 4 nitrogen and oxygen atoms in total. The molecule has 8 heavy (non-hydrogen) atoms. The van der Waals surface area contributed by atoms with Gasteiger partial charge in [0.15, 0.2) is 0 Å². The van der Waals surface area contributed by atoms with Gasteiger partial charge in [0.1, 0.15) is 0 Å². The first kappa shape index (κ1) is 22.4. The Hall–Kier alpha value is 2.72. The van der Waals surface area contributed by atoms with Gasteiger partial charge in [-0.05, 0) is 0 Å². The Morgan fingerprint density at radius 3 is 1.12 bits per heavy atom. The van der Waals surface area contributed by atoms with E-state index >= 15 is 0 Å². The van der Waals surface area contributed by atoms with Crippen molar-refractivity contribution in [3.05, 3.63) is 0 Å². The second kappa shape index (κ2) is 9.72. The van der Waals surface area contributed by atoms with Crippen molar-refractivity contribution >= 4 is 59.1 Å². The topological polar surface area (TPSA) is 77.8 Å². The first-order chi connectivity index (χ1) is 2.00. The van der Waals surface area contributed by atoms with Crippen molar-refractivity contribution in [3.63, 3.8) is 0 Å². The van der Waals surface area contributed by atoms with Gasteiger partial charge in [0.25, 0.3) is 0 Å². The summed E-state index contributed by atoms with van der Waals surface area (Å²) in [6, 6.07) is 0. The minimum absolute atomic E-state index is 0. The van der Waals surface area contributed by atoms with Crippen LogP contribution in [0, 0.1) is 0 Å². The molecule has 0 aromatic heterocycles. The average molecular weight is 193 g/mol. The van der Waals surface area contributed by atoms with E-state index in [1.54, 1.807) is 0 Å². The molecule has 0 spiro atoms. The van der Waals surface area contributed by atoms with Crippen molar-refractivity contribution in [2.75, 3.05) is 0 Å². The zero-order valence-electron chi connectivity index (χ0n) is 4.31. The van der Waals surface area contributed by atoms with E-state index in [0.29, 0.717) is 0 Å². The summed E-state index contributed by atoms with van der Waals surface area (Å²) in [4.78, 5) is 21.6. The van der Waals surface area contributed by atoms with Crippen LogP contribution in [-0.2, 0) is 18.1 Å². The zero-order valence-corrected chi connectivity index (χ0v) is 10.2. The van der Waals surface area contributed by atoms with Crippen molar-refractivity contribution < 1.29 is 48.8 Å². The summed E-state index contributed by atoms with van der Waals surface area (Å²) in [6.07, 6.45) is 0. The first-order valence-electron chi connectivity index (χ1n) is 0.783. The molecule has 0 rings (SSSR count). The third kappa shape index (κ3) is 70.3. The molecule has 0 aliphatic rings. The van der Waals surface area contributed by atoms with Gasteiger partial charge in [-0.3, -0.25) is 0 Å². The average Bonchev–Trinajstić information content (AvgIpc) is 0.722. The fraction of sp³-hybridized carbons (Fsp3) is 0. The summed E-state index contributed by atoms with van der Waals surface area (Å²) in [5.41, 5.74) is 0. The van der Waals surface area contributed by atoms with Gasteiger partial charge >= 0.3 is 88.6 Å². The van der Waals surface area contributed by atoms with Crippen molar-refractivity contribution in [3.8, 4) is 0 Å². The monoisotopic (exact) mass is 193 g/mol. The molecule has 0 aromatic carbocycles. The van der Waals surface area contributed by atoms with Crippen LogP contribution in [-0.4, -0.2) is 52.4 Å². The van der Waals surface area contributed by atoms with Gasteiger partial charge in [0, 0.05) is 0 Å². The molecule has 0 aliphatic carbocycles. The predicted molar refractivity (Wildman–Crippen MR) is 27.4 cm³/mol. The number of phosphoric acid groups is 1. The van der Waals surface area contributed by atoms with E-state index in [9.17, 15) is 0 Å². The van der Waals surface area contributed by atoms with Crippen molar-refractivity contribution in [1.82, 2.24) is 0 Å². The van der Waals surface area contributed by atoms with E-state index in [4.69, 9.17) is 19.2 Å². The molecule has 3 N–H and O–H groups in total. The SMILES string of the molecule is O=P(O)(O)O.[Ca+2].[Na+].[S+2]. The van der Waals surface area contributed by atoms with Gasteiger partial charge in [0.05, 0.1) is 0 Å². The van der Waals surface area contributed by atoms with Gasteiger partial charge in [-0.15, -0.1) is 0 Å². The van der Waals surface area contributed by atoms with Crippen LogP contribution in [0.2, 0.25) is 0 Å². The molecule has 0 saturated carbocycles. The molecule has 0 amide bonds. The summed E-state index contributed by atoms with van der Waals surface area (Å²) in [5.74, 6) is 0. The Balaban J connectivity index is -0.0000000267. The number of rotatable bonds is 0. The van der Waals surface area contributed by atoms with E-state index < -0.39 is 7.82 Å². The Morgan fingerprint density at radius 1 is 1.12 bits per heavy atom. The van der Waals surface area contributed by atoms with Gasteiger partial charge < -0.3 is 14.7 Å². The summed E-state index contributed by atoms with van der Waals surface area (Å²) >= 11 is 0. The summed E-state index contributed by atoms with van der Waals surface area (Å²) in [6.45, 7) is 0. The molecular formula is H3CaNaO4PS+5. The van der Waals surface area contributed by atoms with Crippen LogP contribution in [0.4, 0.5) is 0 Å². The molecule has 8 heteroatoms. The van der Waals surface area contributed by atoms with Crippen LogP contribution in [0.25, 0.3) is 0 Å². The maximum atomic E-state index is 8.88. The molecule has 0 unspecified atom stereocenters. The summed E-state index contributed by atoms with van der Waals surface area (Å²) in [5, 5.41) is 0. The van der Waals surface area contributed by atoms with E-state index in [-0.39, 0.29) is 80.8 Å². The maximum absolute atomic E-state index is 8.88. The molecule has 36 valence electrons. The van der Waals surface area contributed by atoms with Crippen LogP contribution in [0.1, 0.15) is 0 Å². The van der Waals surface area contributed by atoms with Crippen LogP contribution in [0.15, 0.2) is 0 Å². The van der Waals surface area contributed by atoms with Crippen LogP contribution in [0.5, 0.6) is 0 Å². The van der Waals surface area contributed by atoms with Crippen LogP contribution < -0.4 is 29.6 Å². The Kier molecular flexibility index (Phi) is 27.2. The maximum Gasteiger partial charge on any atom is 2.00 e. The fourth-order valence-corrected chi connectivity index (χ4v) is 0. The summed E-state index contributed by atoms with van der Waals surface area (Å²) in [7, 11) is -4.64. The van der Waals surface area contributed by atoms with Crippen molar-refractivity contribution in [2.45, 2.75) is 0 Å². The standard InChI is InChI=1S/Ca.Na.H3O4P.S/c;;1-5(2,3)4;/h;;(H3,1,2,3,4);/q+2;+1;;+2. The quantitative estimate of drug-likeness (QED) is 0.268. The minimum Gasteiger partial charge on any atom is -0.303 e. The summed E-state index contributed by atoms with van der Waals surface area (Å²) < 4.78 is 8.88. The molecular weight excluding hydrogens is 190 g/mol. The molecule has 0 atom stereocenters. The second-order valence-electron chi connectivity index (χ2n) is 0.513. The first-order valence-corrected chi connectivity index (χ1v) is 2.35. The molecule has 4 radical (unpaired) electrons. The molecule has 0 aromatic rings. The second-order valence-corrected chi connectivity index (χ2v) is 1.54. The van der Waals surface area contributed by atoms with Gasteiger partial charge in [-0.2, -0.15) is 0 Å². The van der Waals surface area contributed by atoms with Crippen molar-refractivity contribution in [2.24, 2.45) is 0 Å². The van der Waals surface area contributed by atoms with E-state index in [2.05, 4.69) is 0 Å². The third-order valence-corrected chi connectivity index (χ3v) is 0. The molecule has 0 saturated heterocycles. The van der Waals surface area contributed by atoms with Crippen LogP contribution in [0.3, 0.4) is 0 Å². The molecule has 0 heterocycles. The fourth-order valence-electron chi connectivity index (χ4n) is 0. The van der Waals surface area contributed by atoms with E-state index in [0.717, 1.165) is 0 Å². The Morgan fingerprint density at radius 2 is 1.12 bits per heavy atom. The third-order valence-electron chi connectivity index (χ3n) is 0. The number of hydrogen-bond acceptors (Lipinski definition) is 1. The van der Waals surface area contributed by atoms with E-state index in [1.807, 2.05) is 0 Å². The number of hydrogen-bond donors (Lipinski definition) is 3. The van der Waals surface area contributed by atoms with Gasteiger partial charge in [-0.1, -0.05) is 0 Å².